The van der Waals surface area contributed by atoms with Crippen molar-refractivity contribution in [1.82, 2.24) is 15.5 Å². The normalized spacial score (nSPS) is 17.4. The van der Waals surface area contributed by atoms with Crippen LogP contribution in [0.2, 0.25) is 0 Å². The van der Waals surface area contributed by atoms with Gasteiger partial charge in [-0.2, -0.15) is 0 Å². The Morgan fingerprint density at radius 1 is 1.33 bits per heavy atom. The van der Waals surface area contributed by atoms with Crippen LogP contribution in [0, 0.1) is 0 Å². The molecule has 6 nitrogen and oxygen atoms in total. The first-order chi connectivity index (χ1) is 10.2. The smallest absolute Gasteiger partial charge is 0.410 e. The van der Waals surface area contributed by atoms with E-state index in [0.29, 0.717) is 13.1 Å². The van der Waals surface area contributed by atoms with E-state index in [9.17, 15) is 9.59 Å². The number of hydrogen-bond donors (Lipinski definition) is 2. The highest BCUT2D eigenvalue weighted by Gasteiger charge is 2.29. The number of carbonyl (C=O) groups is 2. The van der Waals surface area contributed by atoms with Crippen LogP contribution in [-0.4, -0.2) is 43.2 Å². The molecule has 1 atom stereocenters. The standard InChI is InChI=1S/C15H21N3O3/c1-16-14(19)17-10-13-8-5-9-18(13)15(20)21-11-12-6-3-2-4-7-12/h2-4,6-7,13H,5,8-11H2,1H3,(H2,16,17,19)/t13-/m0/s1. The predicted octanol–water partition coefficient (Wildman–Crippen LogP) is 1.72. The van der Waals surface area contributed by atoms with Crippen molar-refractivity contribution < 1.29 is 14.3 Å². The largest absolute Gasteiger partial charge is 0.445 e. The van der Waals surface area contributed by atoms with Crippen molar-refractivity contribution in [3.63, 3.8) is 0 Å². The maximum absolute atomic E-state index is 12.1. The lowest BCUT2D eigenvalue weighted by Gasteiger charge is -2.24. The molecule has 21 heavy (non-hydrogen) atoms. The van der Waals surface area contributed by atoms with Crippen LogP contribution in [0.3, 0.4) is 0 Å². The third kappa shape index (κ3) is 4.37. The second-order valence-corrected chi connectivity index (χ2v) is 4.99. The Hall–Kier alpha value is -2.24. The van der Waals surface area contributed by atoms with Gasteiger partial charge in [-0.25, -0.2) is 9.59 Å². The maximum Gasteiger partial charge on any atom is 0.410 e. The molecule has 1 aromatic rings. The van der Waals surface area contributed by atoms with Gasteiger partial charge in [-0.1, -0.05) is 30.3 Å². The van der Waals surface area contributed by atoms with Crippen LogP contribution in [0.15, 0.2) is 30.3 Å². The quantitative estimate of drug-likeness (QED) is 0.887. The third-order valence-corrected chi connectivity index (χ3v) is 3.54. The Labute approximate surface area is 124 Å². The average Bonchev–Trinajstić information content (AvgIpc) is 2.99. The molecule has 0 unspecified atom stereocenters. The number of benzene rings is 1. The molecule has 0 radical (unpaired) electrons. The van der Waals surface area contributed by atoms with Crippen molar-refractivity contribution in [2.75, 3.05) is 20.1 Å². The summed E-state index contributed by atoms with van der Waals surface area (Å²) in [6.07, 6.45) is 1.49. The van der Waals surface area contributed by atoms with E-state index in [1.54, 1.807) is 11.9 Å². The van der Waals surface area contributed by atoms with Crippen molar-refractivity contribution in [2.45, 2.75) is 25.5 Å². The molecule has 1 aromatic carbocycles. The third-order valence-electron chi connectivity index (χ3n) is 3.54. The summed E-state index contributed by atoms with van der Waals surface area (Å²) in [5, 5.41) is 5.23. The van der Waals surface area contributed by atoms with Crippen LogP contribution in [-0.2, 0) is 11.3 Å². The summed E-state index contributed by atoms with van der Waals surface area (Å²) in [5.41, 5.74) is 0.963. The summed E-state index contributed by atoms with van der Waals surface area (Å²) in [5.74, 6) is 0. The molecule has 6 heteroatoms. The van der Waals surface area contributed by atoms with E-state index in [1.807, 2.05) is 30.3 Å². The molecule has 0 saturated carbocycles. The van der Waals surface area contributed by atoms with Gasteiger partial charge >= 0.3 is 12.1 Å². The van der Waals surface area contributed by atoms with E-state index in [1.165, 1.54) is 0 Å². The molecule has 1 fully saturated rings. The van der Waals surface area contributed by atoms with Gasteiger partial charge in [0.15, 0.2) is 0 Å². The number of likely N-dealkylation sites (tertiary alicyclic amines) is 1. The van der Waals surface area contributed by atoms with Crippen LogP contribution in [0.25, 0.3) is 0 Å². The summed E-state index contributed by atoms with van der Waals surface area (Å²) >= 11 is 0. The van der Waals surface area contributed by atoms with E-state index >= 15 is 0 Å². The molecule has 0 aliphatic carbocycles. The summed E-state index contributed by atoms with van der Waals surface area (Å²) < 4.78 is 5.33. The van der Waals surface area contributed by atoms with Crippen LogP contribution in [0.4, 0.5) is 9.59 Å². The molecule has 0 spiro atoms. The second-order valence-electron chi connectivity index (χ2n) is 4.99. The molecule has 2 N–H and O–H groups in total. The van der Waals surface area contributed by atoms with Gasteiger partial charge in [0, 0.05) is 20.1 Å². The number of ether oxygens (including phenoxy) is 1. The zero-order valence-electron chi connectivity index (χ0n) is 12.2. The number of nitrogens with zero attached hydrogens (tertiary/aromatic N) is 1. The van der Waals surface area contributed by atoms with Gasteiger partial charge in [0.25, 0.3) is 0 Å². The lowest BCUT2D eigenvalue weighted by Crippen LogP contribution is -2.45. The number of rotatable bonds is 4. The molecule has 3 amide bonds. The number of carbonyl (C=O) groups excluding carboxylic acids is 2. The minimum absolute atomic E-state index is 0.00516. The van der Waals surface area contributed by atoms with E-state index in [2.05, 4.69) is 10.6 Å². The van der Waals surface area contributed by atoms with Crippen molar-refractivity contribution in [2.24, 2.45) is 0 Å². The molecule has 2 rings (SSSR count). The minimum atomic E-state index is -0.319. The predicted molar refractivity (Wildman–Crippen MR) is 78.8 cm³/mol. The van der Waals surface area contributed by atoms with Crippen molar-refractivity contribution in [3.8, 4) is 0 Å². The molecule has 0 bridgehead atoms. The van der Waals surface area contributed by atoms with Crippen molar-refractivity contribution in [3.05, 3.63) is 35.9 Å². The molecular weight excluding hydrogens is 270 g/mol. The van der Waals surface area contributed by atoms with Gasteiger partial charge < -0.3 is 20.3 Å². The van der Waals surface area contributed by atoms with Gasteiger partial charge in [-0.15, -0.1) is 0 Å². The summed E-state index contributed by atoms with van der Waals surface area (Å²) in [6.45, 7) is 1.39. The monoisotopic (exact) mass is 291 g/mol. The fourth-order valence-corrected chi connectivity index (χ4v) is 2.39. The van der Waals surface area contributed by atoms with E-state index in [0.717, 1.165) is 18.4 Å². The van der Waals surface area contributed by atoms with Crippen molar-refractivity contribution in [1.29, 1.82) is 0 Å². The maximum atomic E-state index is 12.1. The lowest BCUT2D eigenvalue weighted by molar-refractivity contribution is 0.0921. The van der Waals surface area contributed by atoms with E-state index in [-0.39, 0.29) is 24.8 Å². The van der Waals surface area contributed by atoms with Crippen LogP contribution in [0.1, 0.15) is 18.4 Å². The van der Waals surface area contributed by atoms with E-state index in [4.69, 9.17) is 4.74 Å². The SMILES string of the molecule is CNC(=O)NC[C@@H]1CCCN1C(=O)OCc1ccccc1. The van der Waals surface area contributed by atoms with Crippen LogP contribution in [0.5, 0.6) is 0 Å². The minimum Gasteiger partial charge on any atom is -0.445 e. The fraction of sp³-hybridized carbons (Fsp3) is 0.467. The van der Waals surface area contributed by atoms with Gasteiger partial charge in [0.05, 0.1) is 6.04 Å². The van der Waals surface area contributed by atoms with Gasteiger partial charge in [-0.3, -0.25) is 0 Å². The highest BCUT2D eigenvalue weighted by molar-refractivity contribution is 5.73. The van der Waals surface area contributed by atoms with Crippen molar-refractivity contribution >= 4 is 12.1 Å². The molecular formula is C15H21N3O3. The molecule has 0 aromatic heterocycles. The lowest BCUT2D eigenvalue weighted by atomic mass is 10.2. The first kappa shape index (κ1) is 15.2. The van der Waals surface area contributed by atoms with Crippen LogP contribution < -0.4 is 10.6 Å². The topological polar surface area (TPSA) is 70.7 Å². The summed E-state index contributed by atoms with van der Waals surface area (Å²) in [6, 6.07) is 9.35. The number of urea groups is 1. The Morgan fingerprint density at radius 3 is 2.81 bits per heavy atom. The zero-order chi connectivity index (χ0) is 15.1. The molecule has 1 aliphatic rings. The number of amides is 3. The Kier molecular flexibility index (Phi) is 5.43. The Balaban J connectivity index is 1.81. The first-order valence-corrected chi connectivity index (χ1v) is 7.13. The Bertz CT molecular complexity index is 478. The number of hydrogen-bond acceptors (Lipinski definition) is 3. The molecule has 1 saturated heterocycles. The average molecular weight is 291 g/mol. The molecule has 1 aliphatic heterocycles. The van der Waals surface area contributed by atoms with Gasteiger partial charge in [0.1, 0.15) is 6.61 Å². The highest BCUT2D eigenvalue weighted by atomic mass is 16.6. The highest BCUT2D eigenvalue weighted by Crippen LogP contribution is 2.18. The fourth-order valence-electron chi connectivity index (χ4n) is 2.39. The number of nitrogens with one attached hydrogen (secondary N) is 2. The second kappa shape index (κ2) is 7.52. The van der Waals surface area contributed by atoms with Gasteiger partial charge in [0.2, 0.25) is 0 Å². The summed E-state index contributed by atoms with van der Waals surface area (Å²) in [7, 11) is 1.57. The Morgan fingerprint density at radius 2 is 2.10 bits per heavy atom. The molecule has 114 valence electrons. The van der Waals surface area contributed by atoms with Gasteiger partial charge in [-0.05, 0) is 18.4 Å². The van der Waals surface area contributed by atoms with Crippen LogP contribution >= 0.6 is 0 Å². The first-order valence-electron chi connectivity index (χ1n) is 7.13. The zero-order valence-corrected chi connectivity index (χ0v) is 12.2. The molecule has 1 heterocycles. The summed E-state index contributed by atoms with van der Waals surface area (Å²) in [4.78, 5) is 25.0. The van der Waals surface area contributed by atoms with E-state index < -0.39 is 0 Å².